The van der Waals surface area contributed by atoms with Crippen LogP contribution in [0.1, 0.15) is 30.5 Å². The maximum Gasteiger partial charge on any atom is 0.175 e. The molecule has 1 aliphatic carbocycles. The van der Waals surface area contributed by atoms with Gasteiger partial charge in [-0.3, -0.25) is 0 Å². The summed E-state index contributed by atoms with van der Waals surface area (Å²) in [6, 6.07) is 5.35. The first-order valence-electron chi connectivity index (χ1n) is 5.81. The molecular formula is C13H15NO2S. The summed E-state index contributed by atoms with van der Waals surface area (Å²) in [4.78, 5) is 3.82. The highest BCUT2D eigenvalue weighted by atomic mass is 32.2. The largest absolute Gasteiger partial charge is 0.358 e. The number of nitrogens with one attached hydrogen (secondary N) is 1. The summed E-state index contributed by atoms with van der Waals surface area (Å²) in [5.74, 6) is 0.555. The topological polar surface area (TPSA) is 49.9 Å². The fourth-order valence-corrected chi connectivity index (χ4v) is 3.32. The Morgan fingerprint density at radius 1 is 1.35 bits per heavy atom. The molecule has 4 heteroatoms. The average Bonchev–Trinajstić information content (AvgIpc) is 2.77. The first-order chi connectivity index (χ1) is 7.97. The van der Waals surface area contributed by atoms with E-state index in [9.17, 15) is 8.42 Å². The Balaban J connectivity index is 2.30. The summed E-state index contributed by atoms with van der Waals surface area (Å²) < 4.78 is 23.1. The second kappa shape index (κ2) is 3.35. The molecule has 1 aliphatic rings. The Morgan fingerprint density at radius 3 is 2.82 bits per heavy atom. The van der Waals surface area contributed by atoms with Crippen molar-refractivity contribution in [3.63, 3.8) is 0 Å². The van der Waals surface area contributed by atoms with Crippen molar-refractivity contribution in [3.8, 4) is 0 Å². The number of sulfone groups is 1. The number of aromatic amines is 1. The van der Waals surface area contributed by atoms with Crippen molar-refractivity contribution >= 4 is 20.7 Å². The minimum absolute atomic E-state index is 0.409. The van der Waals surface area contributed by atoms with Crippen LogP contribution in [-0.4, -0.2) is 19.7 Å². The Bertz CT molecular complexity index is 698. The minimum atomic E-state index is -3.12. The fourth-order valence-electron chi connectivity index (χ4n) is 2.67. The smallest absolute Gasteiger partial charge is 0.175 e. The summed E-state index contributed by atoms with van der Waals surface area (Å²) in [5, 5.41) is 1.08. The second-order valence-corrected chi connectivity index (χ2v) is 6.95. The highest BCUT2D eigenvalue weighted by Gasteiger charge is 2.23. The summed E-state index contributed by atoms with van der Waals surface area (Å²) in [7, 11) is -3.12. The monoisotopic (exact) mass is 249 g/mol. The molecule has 0 bridgehead atoms. The molecule has 0 saturated heterocycles. The van der Waals surface area contributed by atoms with Gasteiger partial charge in [0, 0.05) is 22.9 Å². The molecule has 1 heterocycles. The van der Waals surface area contributed by atoms with E-state index in [1.165, 1.54) is 17.5 Å². The maximum absolute atomic E-state index is 11.6. The third-order valence-electron chi connectivity index (χ3n) is 3.66. The maximum atomic E-state index is 11.6. The molecule has 0 fully saturated rings. The molecule has 0 amide bonds. The lowest BCUT2D eigenvalue weighted by Crippen LogP contribution is -1.96. The van der Waals surface area contributed by atoms with E-state index in [0.717, 1.165) is 23.7 Å². The molecule has 1 aromatic carbocycles. The van der Waals surface area contributed by atoms with Gasteiger partial charge in [0.25, 0.3) is 0 Å². The van der Waals surface area contributed by atoms with E-state index in [4.69, 9.17) is 0 Å². The number of H-pyrrole nitrogens is 1. The number of aromatic nitrogens is 1. The first kappa shape index (κ1) is 10.8. The lowest BCUT2D eigenvalue weighted by molar-refractivity contribution is 0.602. The number of hydrogen-bond donors (Lipinski definition) is 1. The second-order valence-electron chi connectivity index (χ2n) is 4.94. The van der Waals surface area contributed by atoms with Gasteiger partial charge in [-0.25, -0.2) is 8.42 Å². The molecular weight excluding hydrogens is 234 g/mol. The van der Waals surface area contributed by atoms with Gasteiger partial charge in [-0.2, -0.15) is 0 Å². The van der Waals surface area contributed by atoms with Gasteiger partial charge >= 0.3 is 0 Å². The van der Waals surface area contributed by atoms with E-state index < -0.39 is 9.84 Å². The van der Waals surface area contributed by atoms with E-state index in [-0.39, 0.29) is 0 Å². The molecule has 0 saturated carbocycles. The molecule has 1 atom stereocenters. The van der Waals surface area contributed by atoms with Crippen molar-refractivity contribution in [1.82, 2.24) is 4.98 Å². The van der Waals surface area contributed by atoms with Gasteiger partial charge < -0.3 is 4.98 Å². The number of hydrogen-bond acceptors (Lipinski definition) is 2. The summed E-state index contributed by atoms with van der Waals surface area (Å²) >= 11 is 0. The van der Waals surface area contributed by atoms with Gasteiger partial charge in [-0.1, -0.05) is 6.92 Å². The summed E-state index contributed by atoms with van der Waals surface area (Å²) in [6.07, 6.45) is 3.45. The zero-order chi connectivity index (χ0) is 12.2. The lowest BCUT2D eigenvalue weighted by atomic mass is 10.1. The van der Waals surface area contributed by atoms with E-state index in [1.54, 1.807) is 12.1 Å². The van der Waals surface area contributed by atoms with Crippen LogP contribution in [0.5, 0.6) is 0 Å². The highest BCUT2D eigenvalue weighted by Crippen LogP contribution is 2.37. The molecule has 3 nitrogen and oxygen atoms in total. The predicted molar refractivity (Wildman–Crippen MR) is 68.1 cm³/mol. The first-order valence-corrected chi connectivity index (χ1v) is 7.70. The molecule has 90 valence electrons. The molecule has 2 aromatic rings. The van der Waals surface area contributed by atoms with Crippen molar-refractivity contribution in [2.24, 2.45) is 0 Å². The van der Waals surface area contributed by atoms with Crippen LogP contribution < -0.4 is 0 Å². The fraction of sp³-hybridized carbons (Fsp3) is 0.385. The minimum Gasteiger partial charge on any atom is -0.358 e. The van der Waals surface area contributed by atoms with Crippen LogP contribution in [0.15, 0.2) is 23.1 Å². The van der Waals surface area contributed by atoms with E-state index >= 15 is 0 Å². The molecule has 3 rings (SSSR count). The van der Waals surface area contributed by atoms with Crippen molar-refractivity contribution in [3.05, 3.63) is 29.5 Å². The van der Waals surface area contributed by atoms with Crippen LogP contribution in [0, 0.1) is 0 Å². The predicted octanol–water partition coefficient (Wildman–Crippen LogP) is 2.62. The van der Waals surface area contributed by atoms with Gasteiger partial charge in [0.1, 0.15) is 0 Å². The lowest BCUT2D eigenvalue weighted by Gasteiger charge is -2.00. The Hall–Kier alpha value is -1.29. The quantitative estimate of drug-likeness (QED) is 0.844. The van der Waals surface area contributed by atoms with Crippen LogP contribution in [-0.2, 0) is 16.3 Å². The van der Waals surface area contributed by atoms with Crippen LogP contribution >= 0.6 is 0 Å². The van der Waals surface area contributed by atoms with Crippen molar-refractivity contribution in [1.29, 1.82) is 0 Å². The van der Waals surface area contributed by atoms with Gasteiger partial charge in [-0.15, -0.1) is 0 Å². The summed E-state index contributed by atoms with van der Waals surface area (Å²) in [6.45, 7) is 2.21. The van der Waals surface area contributed by atoms with Gasteiger partial charge in [0.15, 0.2) is 9.84 Å². The van der Waals surface area contributed by atoms with Gasteiger partial charge in [-0.05, 0) is 42.5 Å². The van der Waals surface area contributed by atoms with E-state index in [1.807, 2.05) is 6.07 Å². The normalized spacial score (nSPS) is 19.8. The SMILES string of the molecule is CC1CCc2c1[nH]c1ccc(S(C)(=O)=O)cc21. The number of fused-ring (bicyclic) bond motifs is 3. The molecule has 1 unspecified atom stereocenters. The van der Waals surface area contributed by atoms with E-state index in [2.05, 4.69) is 11.9 Å². The van der Waals surface area contributed by atoms with Gasteiger partial charge in [0.2, 0.25) is 0 Å². The number of aryl methyl sites for hydroxylation is 1. The third kappa shape index (κ3) is 1.59. The van der Waals surface area contributed by atoms with Crippen LogP contribution in [0.4, 0.5) is 0 Å². The number of benzene rings is 1. The summed E-state index contributed by atoms with van der Waals surface area (Å²) in [5.41, 5.74) is 3.64. The van der Waals surface area contributed by atoms with Gasteiger partial charge in [0.05, 0.1) is 4.90 Å². The van der Waals surface area contributed by atoms with E-state index in [0.29, 0.717) is 10.8 Å². The number of rotatable bonds is 1. The Kier molecular flexibility index (Phi) is 2.14. The Labute approximate surface area is 101 Å². The van der Waals surface area contributed by atoms with Crippen LogP contribution in [0.3, 0.4) is 0 Å². The third-order valence-corrected chi connectivity index (χ3v) is 4.77. The van der Waals surface area contributed by atoms with Crippen LogP contribution in [0.2, 0.25) is 0 Å². The highest BCUT2D eigenvalue weighted by molar-refractivity contribution is 7.90. The molecule has 0 radical (unpaired) electrons. The van der Waals surface area contributed by atoms with Crippen molar-refractivity contribution < 1.29 is 8.42 Å². The molecule has 17 heavy (non-hydrogen) atoms. The van der Waals surface area contributed by atoms with Crippen molar-refractivity contribution in [2.75, 3.05) is 6.26 Å². The molecule has 1 N–H and O–H groups in total. The molecule has 0 aliphatic heterocycles. The zero-order valence-electron chi connectivity index (χ0n) is 9.95. The standard InChI is InChI=1S/C13H15NO2S/c1-8-3-5-10-11-7-9(17(2,15)16)4-6-12(11)14-13(8)10/h4,6-8,14H,3,5H2,1-2H3. The van der Waals surface area contributed by atoms with Crippen molar-refractivity contribution in [2.45, 2.75) is 30.6 Å². The molecule has 0 spiro atoms. The Morgan fingerprint density at radius 2 is 2.12 bits per heavy atom. The van der Waals surface area contributed by atoms with Crippen LogP contribution in [0.25, 0.3) is 10.9 Å². The average molecular weight is 249 g/mol. The molecule has 1 aromatic heterocycles. The zero-order valence-corrected chi connectivity index (χ0v) is 10.8.